The number of ether oxygens (including phenoxy) is 1. The van der Waals surface area contributed by atoms with Gasteiger partial charge >= 0.3 is 5.97 Å². The van der Waals surface area contributed by atoms with E-state index < -0.39 is 0 Å². The lowest BCUT2D eigenvalue weighted by Gasteiger charge is -2.22. The van der Waals surface area contributed by atoms with Gasteiger partial charge in [0.05, 0.1) is 5.56 Å². The summed E-state index contributed by atoms with van der Waals surface area (Å²) in [6.45, 7) is 8.24. The summed E-state index contributed by atoms with van der Waals surface area (Å²) in [6, 6.07) is 13.1. The van der Waals surface area contributed by atoms with Crippen molar-refractivity contribution in [2.24, 2.45) is 0 Å². The Labute approximate surface area is 134 Å². The average Bonchev–Trinajstić information content (AvgIpc) is 2.39. The number of halogens is 1. The van der Waals surface area contributed by atoms with Crippen LogP contribution in [-0.4, -0.2) is 5.97 Å². The Hall–Kier alpha value is -1.61. The smallest absolute Gasteiger partial charge is 0.343 e. The molecule has 0 saturated heterocycles. The average molecular weight is 347 g/mol. The molecular formula is C18H19BrO2. The van der Waals surface area contributed by atoms with Gasteiger partial charge in [0.2, 0.25) is 0 Å². The zero-order chi connectivity index (χ0) is 15.6. The molecule has 0 unspecified atom stereocenters. The maximum atomic E-state index is 12.3. The molecule has 0 fully saturated rings. The summed E-state index contributed by atoms with van der Waals surface area (Å²) in [5, 5.41) is 0. The van der Waals surface area contributed by atoms with E-state index in [1.807, 2.05) is 43.3 Å². The number of esters is 1. The summed E-state index contributed by atoms with van der Waals surface area (Å²) in [5.41, 5.74) is 2.50. The van der Waals surface area contributed by atoms with E-state index in [0.29, 0.717) is 11.3 Å². The highest BCUT2D eigenvalue weighted by Gasteiger charge is 2.21. The molecule has 0 radical (unpaired) electrons. The molecule has 0 bridgehead atoms. The maximum Gasteiger partial charge on any atom is 0.343 e. The maximum absolute atomic E-state index is 12.3. The topological polar surface area (TPSA) is 26.3 Å². The summed E-state index contributed by atoms with van der Waals surface area (Å²) < 4.78 is 6.58. The lowest BCUT2D eigenvalue weighted by molar-refractivity contribution is 0.0731. The molecule has 110 valence electrons. The van der Waals surface area contributed by atoms with E-state index in [2.05, 4.69) is 36.7 Å². The Morgan fingerprint density at radius 3 is 2.43 bits per heavy atom. The van der Waals surface area contributed by atoms with Crippen LogP contribution in [0.15, 0.2) is 46.9 Å². The minimum atomic E-state index is -0.327. The highest BCUT2D eigenvalue weighted by molar-refractivity contribution is 9.10. The van der Waals surface area contributed by atoms with Crippen LogP contribution in [0.25, 0.3) is 0 Å². The minimum absolute atomic E-state index is 0.105. The first-order valence-corrected chi connectivity index (χ1v) is 7.65. The van der Waals surface area contributed by atoms with Gasteiger partial charge in [-0.05, 0) is 42.7 Å². The fraction of sp³-hybridized carbons (Fsp3) is 0.278. The second-order valence-electron chi connectivity index (χ2n) is 6.15. The van der Waals surface area contributed by atoms with Gasteiger partial charge in [0, 0.05) is 10.0 Å². The first kappa shape index (κ1) is 15.8. The standard InChI is InChI=1S/C18H19BrO2/c1-12-6-5-7-13(10-12)17(20)21-16-9-8-14(19)11-15(16)18(2,3)4/h5-11H,1-4H3. The van der Waals surface area contributed by atoms with Crippen LogP contribution in [-0.2, 0) is 5.41 Å². The van der Waals surface area contributed by atoms with Crippen LogP contribution in [0.2, 0.25) is 0 Å². The molecule has 0 aliphatic carbocycles. The van der Waals surface area contributed by atoms with Gasteiger partial charge in [-0.2, -0.15) is 0 Å². The molecule has 0 aliphatic heterocycles. The largest absolute Gasteiger partial charge is 0.423 e. The Morgan fingerprint density at radius 1 is 1.10 bits per heavy atom. The second kappa shape index (κ2) is 6.02. The van der Waals surface area contributed by atoms with Crippen LogP contribution in [0.5, 0.6) is 5.75 Å². The first-order chi connectivity index (χ1) is 9.77. The van der Waals surface area contributed by atoms with Crippen molar-refractivity contribution in [2.75, 3.05) is 0 Å². The molecule has 0 spiro atoms. The molecule has 21 heavy (non-hydrogen) atoms. The van der Waals surface area contributed by atoms with Crippen LogP contribution in [0.3, 0.4) is 0 Å². The van der Waals surface area contributed by atoms with Gasteiger partial charge in [0.15, 0.2) is 0 Å². The molecule has 0 atom stereocenters. The van der Waals surface area contributed by atoms with Crippen molar-refractivity contribution in [2.45, 2.75) is 33.1 Å². The van der Waals surface area contributed by atoms with Crippen LogP contribution < -0.4 is 4.74 Å². The molecule has 0 amide bonds. The van der Waals surface area contributed by atoms with E-state index in [0.717, 1.165) is 15.6 Å². The summed E-state index contributed by atoms with van der Waals surface area (Å²) in [5.74, 6) is 0.281. The van der Waals surface area contributed by atoms with Crippen molar-refractivity contribution >= 4 is 21.9 Å². The van der Waals surface area contributed by atoms with Gasteiger partial charge < -0.3 is 4.74 Å². The van der Waals surface area contributed by atoms with Crippen molar-refractivity contribution < 1.29 is 9.53 Å². The third kappa shape index (κ3) is 3.94. The van der Waals surface area contributed by atoms with Crippen LogP contribution in [0.1, 0.15) is 42.3 Å². The summed E-state index contributed by atoms with van der Waals surface area (Å²) in [4.78, 5) is 12.3. The van der Waals surface area contributed by atoms with E-state index >= 15 is 0 Å². The van der Waals surface area contributed by atoms with Gasteiger partial charge in [0.25, 0.3) is 0 Å². The molecular weight excluding hydrogens is 328 g/mol. The van der Waals surface area contributed by atoms with Crippen molar-refractivity contribution in [3.63, 3.8) is 0 Å². The van der Waals surface area contributed by atoms with Crippen LogP contribution in [0, 0.1) is 6.92 Å². The predicted octanol–water partition coefficient (Wildman–Crippen LogP) is 5.27. The molecule has 0 saturated carbocycles. The molecule has 2 aromatic rings. The molecule has 0 heterocycles. The molecule has 0 aromatic heterocycles. The zero-order valence-electron chi connectivity index (χ0n) is 12.7. The van der Waals surface area contributed by atoms with Crippen molar-refractivity contribution in [3.05, 3.63) is 63.6 Å². The normalized spacial score (nSPS) is 11.3. The zero-order valence-corrected chi connectivity index (χ0v) is 14.3. The Kier molecular flexibility index (Phi) is 4.52. The second-order valence-corrected chi connectivity index (χ2v) is 7.07. The third-order valence-electron chi connectivity index (χ3n) is 3.21. The third-order valence-corrected chi connectivity index (χ3v) is 3.70. The highest BCUT2D eigenvalue weighted by atomic mass is 79.9. The van der Waals surface area contributed by atoms with Gasteiger partial charge in [-0.25, -0.2) is 4.79 Å². The van der Waals surface area contributed by atoms with Gasteiger partial charge in [-0.3, -0.25) is 0 Å². The fourth-order valence-corrected chi connectivity index (χ4v) is 2.47. The monoisotopic (exact) mass is 346 g/mol. The predicted molar refractivity (Wildman–Crippen MR) is 89.0 cm³/mol. The summed E-state index contributed by atoms with van der Waals surface area (Å²) in [7, 11) is 0. The van der Waals surface area contributed by atoms with E-state index in [4.69, 9.17) is 4.74 Å². The van der Waals surface area contributed by atoms with Crippen molar-refractivity contribution in [1.29, 1.82) is 0 Å². The molecule has 0 aliphatic rings. The number of benzene rings is 2. The van der Waals surface area contributed by atoms with Gasteiger partial charge in [0.1, 0.15) is 5.75 Å². The number of hydrogen-bond acceptors (Lipinski definition) is 2. The Bertz CT molecular complexity index is 669. The molecule has 0 N–H and O–H groups in total. The molecule has 2 nitrogen and oxygen atoms in total. The SMILES string of the molecule is Cc1cccc(C(=O)Oc2ccc(Br)cc2C(C)(C)C)c1. The minimum Gasteiger partial charge on any atom is -0.423 e. The van der Waals surface area contributed by atoms with Crippen LogP contribution >= 0.6 is 15.9 Å². The number of hydrogen-bond donors (Lipinski definition) is 0. The van der Waals surface area contributed by atoms with Gasteiger partial charge in [-0.1, -0.05) is 54.4 Å². The number of rotatable bonds is 2. The Morgan fingerprint density at radius 2 is 1.81 bits per heavy atom. The molecule has 2 aromatic carbocycles. The number of carbonyl (C=O) groups excluding carboxylic acids is 1. The quantitative estimate of drug-likeness (QED) is 0.546. The van der Waals surface area contributed by atoms with E-state index in [1.165, 1.54) is 0 Å². The van der Waals surface area contributed by atoms with Crippen molar-refractivity contribution in [1.82, 2.24) is 0 Å². The van der Waals surface area contributed by atoms with Gasteiger partial charge in [-0.15, -0.1) is 0 Å². The summed E-state index contributed by atoms with van der Waals surface area (Å²) >= 11 is 3.47. The van der Waals surface area contributed by atoms with E-state index in [-0.39, 0.29) is 11.4 Å². The molecule has 3 heteroatoms. The first-order valence-electron chi connectivity index (χ1n) is 6.86. The summed E-state index contributed by atoms with van der Waals surface area (Å²) in [6.07, 6.45) is 0. The number of carbonyl (C=O) groups is 1. The number of aryl methyl sites for hydroxylation is 1. The lowest BCUT2D eigenvalue weighted by Crippen LogP contribution is -2.16. The lowest BCUT2D eigenvalue weighted by atomic mass is 9.86. The van der Waals surface area contributed by atoms with E-state index in [1.54, 1.807) is 6.07 Å². The van der Waals surface area contributed by atoms with Crippen molar-refractivity contribution in [3.8, 4) is 5.75 Å². The Balaban J connectivity index is 2.34. The highest BCUT2D eigenvalue weighted by Crippen LogP contribution is 2.34. The fourth-order valence-electron chi connectivity index (χ4n) is 2.11. The molecule has 2 rings (SSSR count). The van der Waals surface area contributed by atoms with E-state index in [9.17, 15) is 4.79 Å². The van der Waals surface area contributed by atoms with Crippen LogP contribution in [0.4, 0.5) is 0 Å².